The summed E-state index contributed by atoms with van der Waals surface area (Å²) in [4.78, 5) is 30.6. The number of ketones is 1. The average molecular weight is 359 g/mol. The number of nitro groups is 1. The molecule has 0 fully saturated rings. The largest absolute Gasteiger partial charge is 0.348 e. The molecule has 1 aliphatic heterocycles. The van der Waals surface area contributed by atoms with Gasteiger partial charge in [0.2, 0.25) is 0 Å². The van der Waals surface area contributed by atoms with Crippen LogP contribution in [0.3, 0.4) is 0 Å². The minimum absolute atomic E-state index is 0.0159. The van der Waals surface area contributed by atoms with Crippen molar-refractivity contribution in [3.63, 3.8) is 0 Å². The predicted octanol–water partition coefficient (Wildman–Crippen LogP) is 1.02. The molecule has 1 aromatic carbocycles. The number of nitrogens with zero attached hydrogens (tertiary/aromatic N) is 5. The molecule has 9 nitrogen and oxygen atoms in total. The molecule has 2 aromatic rings. The standard InChI is InChI=1S/C15H11ClN6O3/c1-9(23)10-4-2-3-5-11(10)19-13-7-21(16)20-12-6-17-8-18-14(12)15(13)22(24)25/h2-8,19H,1H3. The van der Waals surface area contributed by atoms with Crippen molar-refractivity contribution >= 4 is 28.9 Å². The van der Waals surface area contributed by atoms with Gasteiger partial charge in [-0.15, -0.1) is 0 Å². The van der Waals surface area contributed by atoms with Gasteiger partial charge in [-0.05, 0) is 19.1 Å². The molecule has 0 atom stereocenters. The summed E-state index contributed by atoms with van der Waals surface area (Å²) < 4.78 is 0.900. The van der Waals surface area contributed by atoms with Crippen molar-refractivity contribution in [3.05, 3.63) is 75.1 Å². The van der Waals surface area contributed by atoms with Gasteiger partial charge in [-0.25, -0.2) is 9.97 Å². The first-order chi connectivity index (χ1) is 12.0. The van der Waals surface area contributed by atoms with E-state index in [0.29, 0.717) is 11.3 Å². The van der Waals surface area contributed by atoms with E-state index in [1.54, 1.807) is 24.3 Å². The summed E-state index contributed by atoms with van der Waals surface area (Å²) in [5.41, 5.74) is 0.497. The number of Topliss-reactive ketones (excluding diaryl/α,β-unsaturated/α-hetero) is 1. The number of nitrogens with one attached hydrogen (secondary N) is 1. The molecule has 0 aliphatic carbocycles. The summed E-state index contributed by atoms with van der Waals surface area (Å²) in [6.45, 7) is 1.41. The Bertz CT molecular complexity index is 1020. The second kappa shape index (κ2) is 6.65. The Labute approximate surface area is 146 Å². The lowest BCUT2D eigenvalue weighted by molar-refractivity contribution is -0.377. The van der Waals surface area contributed by atoms with Crippen LogP contribution in [-0.4, -0.2) is 25.2 Å². The van der Waals surface area contributed by atoms with Gasteiger partial charge in [0.1, 0.15) is 17.4 Å². The number of hydrogen-bond acceptors (Lipinski definition) is 8. The van der Waals surface area contributed by atoms with Crippen LogP contribution in [0.1, 0.15) is 17.3 Å². The van der Waals surface area contributed by atoms with Gasteiger partial charge in [-0.2, -0.15) is 9.63 Å². The van der Waals surface area contributed by atoms with E-state index in [-0.39, 0.29) is 27.9 Å². The molecular formula is C15H11ClN6O3. The van der Waals surface area contributed by atoms with Crippen molar-refractivity contribution in [2.45, 2.75) is 6.92 Å². The van der Waals surface area contributed by atoms with Gasteiger partial charge in [-0.1, -0.05) is 12.1 Å². The zero-order valence-electron chi connectivity index (χ0n) is 12.9. The molecule has 10 heteroatoms. The first kappa shape index (κ1) is 16.5. The average Bonchev–Trinajstić information content (AvgIpc) is 2.70. The van der Waals surface area contributed by atoms with Crippen molar-refractivity contribution < 1.29 is 9.72 Å². The highest BCUT2D eigenvalue weighted by Gasteiger charge is 2.25. The van der Waals surface area contributed by atoms with E-state index in [2.05, 4.69) is 20.4 Å². The van der Waals surface area contributed by atoms with Gasteiger partial charge >= 0.3 is 5.70 Å². The number of benzene rings is 1. The molecule has 25 heavy (non-hydrogen) atoms. The molecule has 0 unspecified atom stereocenters. The van der Waals surface area contributed by atoms with Gasteiger partial charge in [0.05, 0.1) is 17.3 Å². The summed E-state index contributed by atoms with van der Waals surface area (Å²) in [5, 5.41) is 18.7. The third kappa shape index (κ3) is 3.31. The van der Waals surface area contributed by atoms with Crippen molar-refractivity contribution in [1.29, 1.82) is 0 Å². The van der Waals surface area contributed by atoms with E-state index in [9.17, 15) is 14.9 Å². The molecule has 0 saturated heterocycles. The third-order valence-corrected chi connectivity index (χ3v) is 3.54. The SMILES string of the molecule is CC(=O)c1ccccc1NC1=CN(Cl)N=c2cncnc2=C1[N+](=O)[O-]. The first-order valence-electron chi connectivity index (χ1n) is 7.05. The molecule has 0 bridgehead atoms. The Morgan fingerprint density at radius 3 is 2.84 bits per heavy atom. The summed E-state index contributed by atoms with van der Waals surface area (Å²) in [7, 11) is 0. The Morgan fingerprint density at radius 1 is 1.36 bits per heavy atom. The number of fused-ring (bicyclic) bond motifs is 1. The zero-order chi connectivity index (χ0) is 18.0. The lowest BCUT2D eigenvalue weighted by Crippen LogP contribution is -2.34. The number of carbonyl (C=O) groups is 1. The van der Waals surface area contributed by atoms with Gasteiger partial charge in [0, 0.05) is 23.0 Å². The van der Waals surface area contributed by atoms with E-state index in [1.807, 2.05) is 0 Å². The summed E-state index contributed by atoms with van der Waals surface area (Å²) in [5.74, 6) is -0.185. The van der Waals surface area contributed by atoms with Crippen LogP contribution in [0.4, 0.5) is 5.69 Å². The maximum atomic E-state index is 11.8. The smallest absolute Gasteiger partial charge is 0.322 e. The molecule has 0 radical (unpaired) electrons. The van der Waals surface area contributed by atoms with Crippen LogP contribution in [0.5, 0.6) is 0 Å². The molecule has 3 rings (SSSR count). The highest BCUT2D eigenvalue weighted by molar-refractivity contribution is 6.13. The van der Waals surface area contributed by atoms with Crippen LogP contribution in [0, 0.1) is 10.1 Å². The number of hydrogen-bond donors (Lipinski definition) is 1. The molecule has 1 aliphatic rings. The molecule has 0 spiro atoms. The monoisotopic (exact) mass is 358 g/mol. The highest BCUT2D eigenvalue weighted by Crippen LogP contribution is 2.22. The lowest BCUT2D eigenvalue weighted by Gasteiger charge is -2.12. The van der Waals surface area contributed by atoms with E-state index in [1.165, 1.54) is 25.6 Å². The fourth-order valence-electron chi connectivity index (χ4n) is 2.33. The summed E-state index contributed by atoms with van der Waals surface area (Å²) in [6.07, 6.45) is 3.74. The number of aromatic nitrogens is 2. The van der Waals surface area contributed by atoms with E-state index in [4.69, 9.17) is 11.8 Å². The van der Waals surface area contributed by atoms with Crippen LogP contribution in [-0.2, 0) is 0 Å². The fraction of sp³-hybridized carbons (Fsp3) is 0.0667. The van der Waals surface area contributed by atoms with Crippen LogP contribution in [0.2, 0.25) is 0 Å². The maximum absolute atomic E-state index is 11.8. The minimum atomic E-state index is -0.591. The Balaban J connectivity index is 2.20. The van der Waals surface area contributed by atoms with Crippen molar-refractivity contribution in [3.8, 4) is 0 Å². The number of carbonyl (C=O) groups excluding carboxylic acids is 1. The van der Waals surface area contributed by atoms with Crippen molar-refractivity contribution in [1.82, 2.24) is 14.5 Å². The van der Waals surface area contributed by atoms with Crippen LogP contribution >= 0.6 is 11.8 Å². The van der Waals surface area contributed by atoms with E-state index >= 15 is 0 Å². The molecular weight excluding hydrogens is 348 g/mol. The number of halogens is 1. The van der Waals surface area contributed by atoms with Gasteiger partial charge in [-0.3, -0.25) is 14.9 Å². The maximum Gasteiger partial charge on any atom is 0.322 e. The van der Waals surface area contributed by atoms with Crippen molar-refractivity contribution in [2.75, 3.05) is 5.32 Å². The van der Waals surface area contributed by atoms with Crippen LogP contribution in [0.25, 0.3) is 5.70 Å². The molecule has 1 aromatic heterocycles. The zero-order valence-corrected chi connectivity index (χ0v) is 13.6. The minimum Gasteiger partial charge on any atom is -0.348 e. The second-order valence-electron chi connectivity index (χ2n) is 5.02. The molecule has 1 N–H and O–H groups in total. The van der Waals surface area contributed by atoms with Gasteiger partial charge in [0.25, 0.3) is 0 Å². The Kier molecular flexibility index (Phi) is 4.40. The normalized spacial score (nSPS) is 13.3. The van der Waals surface area contributed by atoms with Crippen LogP contribution < -0.4 is 16.0 Å². The van der Waals surface area contributed by atoms with Crippen molar-refractivity contribution in [2.24, 2.45) is 5.10 Å². The number of para-hydroxylation sites is 1. The molecule has 2 heterocycles. The number of anilines is 1. The summed E-state index contributed by atoms with van der Waals surface area (Å²) in [6, 6.07) is 6.66. The lowest BCUT2D eigenvalue weighted by atomic mass is 10.1. The Morgan fingerprint density at radius 2 is 2.12 bits per heavy atom. The van der Waals surface area contributed by atoms with Gasteiger partial charge in [0.15, 0.2) is 11.1 Å². The molecule has 0 saturated carbocycles. The Hall–Kier alpha value is -3.33. The van der Waals surface area contributed by atoms with E-state index in [0.717, 1.165) is 4.53 Å². The highest BCUT2D eigenvalue weighted by atomic mass is 35.5. The second-order valence-corrected chi connectivity index (χ2v) is 5.37. The number of rotatable bonds is 4. The predicted molar refractivity (Wildman–Crippen MR) is 89.1 cm³/mol. The first-order valence-corrected chi connectivity index (χ1v) is 7.38. The quantitative estimate of drug-likeness (QED) is 0.375. The topological polar surface area (TPSA) is 114 Å². The van der Waals surface area contributed by atoms with Gasteiger partial charge < -0.3 is 5.32 Å². The summed E-state index contributed by atoms with van der Waals surface area (Å²) >= 11 is 5.97. The van der Waals surface area contributed by atoms with E-state index < -0.39 is 4.92 Å². The third-order valence-electron chi connectivity index (χ3n) is 3.37. The fourth-order valence-corrected chi connectivity index (χ4v) is 2.50. The van der Waals surface area contributed by atoms with Crippen LogP contribution in [0.15, 0.2) is 53.8 Å². The molecule has 126 valence electrons. The molecule has 0 amide bonds.